The van der Waals surface area contributed by atoms with E-state index in [4.69, 9.17) is 0 Å². The van der Waals surface area contributed by atoms with Gasteiger partial charge in [0, 0.05) is 37.2 Å². The molecule has 1 heterocycles. The number of nitrogens with one attached hydrogen (secondary N) is 2. The van der Waals surface area contributed by atoms with E-state index in [1.165, 1.54) is 0 Å². The normalized spacial score (nSPS) is 17.3. The zero-order valence-electron chi connectivity index (χ0n) is 16.6. The number of rotatable bonds is 6. The molecule has 1 unspecified atom stereocenters. The minimum atomic E-state index is -0.420. The lowest BCUT2D eigenvalue weighted by atomic mass is 9.95. The van der Waals surface area contributed by atoms with Crippen LogP contribution in [-0.4, -0.2) is 42.3 Å². The smallest absolute Gasteiger partial charge is 0.229 e. The third-order valence-corrected chi connectivity index (χ3v) is 4.72. The van der Waals surface area contributed by atoms with Crippen LogP contribution in [0.15, 0.2) is 30.3 Å². The van der Waals surface area contributed by atoms with Crippen molar-refractivity contribution in [2.24, 2.45) is 11.3 Å². The molecule has 1 aliphatic heterocycles. The molecule has 0 aliphatic carbocycles. The number of benzene rings is 1. The third kappa shape index (κ3) is 6.70. The second kappa shape index (κ2) is 9.53. The molecule has 1 saturated heterocycles. The van der Waals surface area contributed by atoms with E-state index in [0.717, 1.165) is 18.5 Å². The van der Waals surface area contributed by atoms with Crippen LogP contribution in [0.4, 0.5) is 5.69 Å². The minimum absolute atomic E-state index is 0.00873. The van der Waals surface area contributed by atoms with Gasteiger partial charge in [-0.15, -0.1) is 0 Å². The fourth-order valence-corrected chi connectivity index (χ4v) is 3.05. The molecule has 1 aromatic rings. The van der Waals surface area contributed by atoms with Crippen molar-refractivity contribution in [3.8, 4) is 0 Å². The molecule has 2 rings (SSSR count). The Morgan fingerprint density at radius 1 is 1.15 bits per heavy atom. The highest BCUT2D eigenvalue weighted by molar-refractivity contribution is 5.93. The fraction of sp³-hybridized carbons (Fsp3) is 0.571. The highest BCUT2D eigenvalue weighted by Crippen LogP contribution is 2.20. The molecule has 1 fully saturated rings. The summed E-state index contributed by atoms with van der Waals surface area (Å²) in [5, 5.41) is 5.79. The number of amides is 3. The van der Waals surface area contributed by atoms with Crippen molar-refractivity contribution in [1.29, 1.82) is 0 Å². The van der Waals surface area contributed by atoms with Crippen LogP contribution < -0.4 is 10.6 Å². The van der Waals surface area contributed by atoms with Crippen molar-refractivity contribution >= 4 is 23.4 Å². The Balaban J connectivity index is 1.75. The Hall–Kier alpha value is -2.37. The van der Waals surface area contributed by atoms with Crippen molar-refractivity contribution in [1.82, 2.24) is 10.2 Å². The van der Waals surface area contributed by atoms with Gasteiger partial charge in [0.2, 0.25) is 17.7 Å². The first-order valence-electron chi connectivity index (χ1n) is 9.69. The number of hydrogen-bond acceptors (Lipinski definition) is 3. The van der Waals surface area contributed by atoms with Gasteiger partial charge in [0.25, 0.3) is 0 Å². The number of nitrogens with zero attached hydrogens (tertiary/aromatic N) is 1. The van der Waals surface area contributed by atoms with Crippen LogP contribution in [0, 0.1) is 11.3 Å². The molecular formula is C21H31N3O3. The van der Waals surface area contributed by atoms with Crippen molar-refractivity contribution < 1.29 is 14.4 Å². The molecule has 148 valence electrons. The van der Waals surface area contributed by atoms with Gasteiger partial charge in [0.05, 0.1) is 5.92 Å². The van der Waals surface area contributed by atoms with E-state index in [-0.39, 0.29) is 23.6 Å². The first-order valence-corrected chi connectivity index (χ1v) is 9.69. The van der Waals surface area contributed by atoms with Gasteiger partial charge in [-0.05, 0) is 31.4 Å². The van der Waals surface area contributed by atoms with E-state index in [2.05, 4.69) is 10.6 Å². The summed E-state index contributed by atoms with van der Waals surface area (Å²) in [4.78, 5) is 38.5. The third-order valence-electron chi connectivity index (χ3n) is 4.72. The van der Waals surface area contributed by atoms with Gasteiger partial charge in [0.1, 0.15) is 0 Å². The SMILES string of the molecule is CC(C)(C)C(=O)NCCCC(=O)N1CCCC(C(=O)Nc2ccccc2)C1. The number of carbonyl (C=O) groups is 3. The van der Waals surface area contributed by atoms with Crippen molar-refractivity contribution in [3.05, 3.63) is 30.3 Å². The molecule has 0 bridgehead atoms. The standard InChI is InChI=1S/C21H31N3O3/c1-21(2,3)20(27)22-13-7-12-18(25)24-14-8-9-16(15-24)19(26)23-17-10-5-4-6-11-17/h4-6,10-11,16H,7-9,12-15H2,1-3H3,(H,22,27)(H,23,26). The molecule has 6 heteroatoms. The van der Waals surface area contributed by atoms with E-state index in [1.54, 1.807) is 4.90 Å². The number of likely N-dealkylation sites (tertiary alicyclic amines) is 1. The monoisotopic (exact) mass is 373 g/mol. The van der Waals surface area contributed by atoms with Crippen LogP contribution in [0.25, 0.3) is 0 Å². The molecule has 3 amide bonds. The van der Waals surface area contributed by atoms with Gasteiger partial charge in [-0.1, -0.05) is 39.0 Å². The molecule has 0 radical (unpaired) electrons. The van der Waals surface area contributed by atoms with E-state index in [0.29, 0.717) is 32.5 Å². The summed E-state index contributed by atoms with van der Waals surface area (Å²) in [5.41, 5.74) is 0.358. The van der Waals surface area contributed by atoms with Crippen LogP contribution in [0.2, 0.25) is 0 Å². The molecule has 0 aromatic heterocycles. The Labute approximate surface area is 161 Å². The maximum atomic E-state index is 12.5. The lowest BCUT2D eigenvalue weighted by molar-refractivity contribution is -0.135. The fourth-order valence-electron chi connectivity index (χ4n) is 3.05. The maximum Gasteiger partial charge on any atom is 0.229 e. The maximum absolute atomic E-state index is 12.5. The summed E-state index contributed by atoms with van der Waals surface area (Å²) in [6, 6.07) is 9.38. The zero-order chi connectivity index (χ0) is 19.9. The number of anilines is 1. The molecule has 0 spiro atoms. The second-order valence-electron chi connectivity index (χ2n) is 8.14. The Kier molecular flexibility index (Phi) is 7.39. The predicted molar refractivity (Wildman–Crippen MR) is 106 cm³/mol. The average molecular weight is 373 g/mol. The molecule has 1 aromatic carbocycles. The summed E-state index contributed by atoms with van der Waals surface area (Å²) in [6.45, 7) is 7.24. The van der Waals surface area contributed by atoms with Gasteiger partial charge in [0.15, 0.2) is 0 Å². The first-order chi connectivity index (χ1) is 12.8. The van der Waals surface area contributed by atoms with Crippen LogP contribution in [-0.2, 0) is 14.4 Å². The predicted octanol–water partition coefficient (Wildman–Crippen LogP) is 2.81. The van der Waals surface area contributed by atoms with E-state index in [1.807, 2.05) is 51.1 Å². The van der Waals surface area contributed by atoms with Gasteiger partial charge < -0.3 is 15.5 Å². The van der Waals surface area contributed by atoms with Gasteiger partial charge in [-0.2, -0.15) is 0 Å². The van der Waals surface area contributed by atoms with Crippen molar-refractivity contribution in [2.75, 3.05) is 25.0 Å². The van der Waals surface area contributed by atoms with Crippen LogP contribution in [0.5, 0.6) is 0 Å². The largest absolute Gasteiger partial charge is 0.356 e. The summed E-state index contributed by atoms with van der Waals surface area (Å²) < 4.78 is 0. The molecule has 1 atom stereocenters. The topological polar surface area (TPSA) is 78.5 Å². The highest BCUT2D eigenvalue weighted by Gasteiger charge is 2.28. The summed E-state index contributed by atoms with van der Waals surface area (Å²) in [6.07, 6.45) is 2.62. The zero-order valence-corrected chi connectivity index (χ0v) is 16.6. The summed E-state index contributed by atoms with van der Waals surface area (Å²) in [7, 11) is 0. The Bertz CT molecular complexity index is 652. The van der Waals surface area contributed by atoms with E-state index >= 15 is 0 Å². The number of para-hydroxylation sites is 1. The molecule has 6 nitrogen and oxygen atoms in total. The van der Waals surface area contributed by atoms with Crippen molar-refractivity contribution in [2.45, 2.75) is 46.5 Å². The van der Waals surface area contributed by atoms with E-state index in [9.17, 15) is 14.4 Å². The van der Waals surface area contributed by atoms with Gasteiger partial charge >= 0.3 is 0 Å². The van der Waals surface area contributed by atoms with E-state index < -0.39 is 5.41 Å². The quantitative estimate of drug-likeness (QED) is 0.753. The van der Waals surface area contributed by atoms with Crippen LogP contribution >= 0.6 is 0 Å². The summed E-state index contributed by atoms with van der Waals surface area (Å²) >= 11 is 0. The summed E-state index contributed by atoms with van der Waals surface area (Å²) in [5.74, 6) is -0.164. The van der Waals surface area contributed by atoms with Crippen LogP contribution in [0.1, 0.15) is 46.5 Å². The lowest BCUT2D eigenvalue weighted by Gasteiger charge is -2.32. The minimum Gasteiger partial charge on any atom is -0.356 e. The van der Waals surface area contributed by atoms with Gasteiger partial charge in [-0.25, -0.2) is 0 Å². The molecule has 1 aliphatic rings. The Morgan fingerprint density at radius 3 is 2.52 bits per heavy atom. The number of hydrogen-bond donors (Lipinski definition) is 2. The molecule has 0 saturated carbocycles. The highest BCUT2D eigenvalue weighted by atomic mass is 16.2. The lowest BCUT2D eigenvalue weighted by Crippen LogP contribution is -2.44. The van der Waals surface area contributed by atoms with Gasteiger partial charge in [-0.3, -0.25) is 14.4 Å². The average Bonchev–Trinajstić information content (AvgIpc) is 2.65. The number of carbonyl (C=O) groups excluding carboxylic acids is 3. The molecule has 2 N–H and O–H groups in total. The molecule has 27 heavy (non-hydrogen) atoms. The number of piperidine rings is 1. The molecular weight excluding hydrogens is 342 g/mol. The van der Waals surface area contributed by atoms with Crippen molar-refractivity contribution in [3.63, 3.8) is 0 Å². The second-order valence-corrected chi connectivity index (χ2v) is 8.14. The van der Waals surface area contributed by atoms with Crippen LogP contribution in [0.3, 0.4) is 0 Å². The first kappa shape index (κ1) is 20.9. The Morgan fingerprint density at radius 2 is 1.85 bits per heavy atom.